The fourth-order valence-electron chi connectivity index (χ4n) is 7.94. The molecule has 0 fully saturated rings. The summed E-state index contributed by atoms with van der Waals surface area (Å²) in [4.78, 5) is 0. The van der Waals surface area contributed by atoms with Crippen molar-refractivity contribution < 1.29 is 4.42 Å². The molecule has 1 aromatic heterocycles. The molecule has 7 aromatic carbocycles. The van der Waals surface area contributed by atoms with Gasteiger partial charge in [-0.05, 0) is 73.1 Å². The molecule has 0 spiro atoms. The van der Waals surface area contributed by atoms with Gasteiger partial charge in [0.2, 0.25) is 0 Å². The highest BCUT2D eigenvalue weighted by Gasteiger charge is 2.29. The van der Waals surface area contributed by atoms with Gasteiger partial charge in [0.1, 0.15) is 152 Å². The quantitative estimate of drug-likeness (QED) is 0.134. The van der Waals surface area contributed by atoms with Crippen LogP contribution in [0.4, 0.5) is 0 Å². The van der Waals surface area contributed by atoms with E-state index in [4.69, 9.17) is 146 Å². The van der Waals surface area contributed by atoms with Crippen LogP contribution in [-0.2, 0) is 0 Å². The molecular weight excluding hydrogens is 667 g/mol. The van der Waals surface area contributed by atoms with E-state index in [0.717, 1.165) is 0 Å². The lowest BCUT2D eigenvalue weighted by molar-refractivity contribution is 0.669. The van der Waals surface area contributed by atoms with Crippen molar-refractivity contribution in [2.24, 2.45) is 0 Å². The Morgan fingerprint density at radius 1 is 0.281 bits per heavy atom. The Hall–Kier alpha value is -3.97. The van der Waals surface area contributed by atoms with Crippen molar-refractivity contribution >= 4 is 283 Å². The summed E-state index contributed by atoms with van der Waals surface area (Å²) in [5.41, 5.74) is 2.20. The van der Waals surface area contributed by atoms with Crippen LogP contribution in [0.3, 0.4) is 0 Å². The Labute approximate surface area is 355 Å². The first-order chi connectivity index (χ1) is 26.8. The monoisotopic (exact) mass is 676 g/mol. The van der Waals surface area contributed by atoms with Gasteiger partial charge in [-0.2, -0.15) is 0 Å². The minimum Gasteiger partial charge on any atom is -0.456 e. The molecule has 0 atom stereocenters. The highest BCUT2D eigenvalue weighted by atomic mass is 16.3. The first-order valence-corrected chi connectivity index (χ1v) is 17.1. The Balaban J connectivity index is 1.76. The third-order valence-corrected chi connectivity index (χ3v) is 11.0. The second-order valence-corrected chi connectivity index (χ2v) is 13.9. The second-order valence-electron chi connectivity index (χ2n) is 13.9. The van der Waals surface area contributed by atoms with Crippen LogP contribution < -0.4 is 98.3 Å². The standard InChI is InChI=1S/C38H6B18O/c39-21-12(22(40)30(48)37(55)29(21)47)7-5-9(13-8-3-1-2-4-10(8)57-11(13)6-7)14-16-18(25(43)33(51)31(49)23(16)41)15(19-17(14)24(42)32(50)34(52)26(19)44)20-27(45)35(53)38(56)36(54)28(20)46/h1-6H. The summed E-state index contributed by atoms with van der Waals surface area (Å²) in [7, 11) is 119. The number of fused-ring (bicyclic) bond motifs is 5. The molecule has 57 heavy (non-hydrogen) atoms. The van der Waals surface area contributed by atoms with Crippen molar-refractivity contribution in [3.05, 3.63) is 36.4 Å². The average molecular weight is 673 g/mol. The van der Waals surface area contributed by atoms with Crippen LogP contribution in [0.1, 0.15) is 0 Å². The third-order valence-electron chi connectivity index (χ3n) is 11.0. The molecule has 218 valence electrons. The number of hydrogen-bond acceptors (Lipinski definition) is 1. The van der Waals surface area contributed by atoms with Gasteiger partial charge in [-0.3, -0.25) is 0 Å². The van der Waals surface area contributed by atoms with Gasteiger partial charge in [0, 0.05) is 10.8 Å². The van der Waals surface area contributed by atoms with E-state index >= 15 is 0 Å². The molecule has 8 aromatic rings. The molecule has 0 unspecified atom stereocenters. The van der Waals surface area contributed by atoms with Gasteiger partial charge in [0.05, 0.1) is 0 Å². The van der Waals surface area contributed by atoms with E-state index in [1.807, 2.05) is 18.2 Å². The van der Waals surface area contributed by atoms with E-state index in [1.165, 1.54) is 0 Å². The molecule has 0 aliphatic rings. The first-order valence-electron chi connectivity index (χ1n) is 17.1. The first kappa shape index (κ1) is 39.8. The fraction of sp³-hybridized carbons (Fsp3) is 0. The lowest BCUT2D eigenvalue weighted by atomic mass is 9.56. The molecule has 8 rings (SSSR count). The van der Waals surface area contributed by atoms with Crippen LogP contribution in [0, 0.1) is 0 Å². The Morgan fingerprint density at radius 2 is 0.632 bits per heavy atom. The minimum absolute atomic E-state index is 0.0110. The minimum atomic E-state index is -0.0662. The predicted octanol–water partition coefficient (Wildman–Crippen LogP) is -10.8. The summed E-state index contributed by atoms with van der Waals surface area (Å²) in [6.07, 6.45) is 0. The summed E-state index contributed by atoms with van der Waals surface area (Å²) in [6, 6.07) is 10.9. The summed E-state index contributed by atoms with van der Waals surface area (Å²) in [5, 5.41) is 2.10. The van der Waals surface area contributed by atoms with E-state index in [2.05, 4.69) is 0 Å². The molecule has 1 nitrogen and oxygen atoms in total. The third kappa shape index (κ3) is 5.42. The molecule has 0 aliphatic heterocycles. The zero-order valence-corrected chi connectivity index (χ0v) is 30.3. The van der Waals surface area contributed by atoms with Crippen molar-refractivity contribution in [1.29, 1.82) is 0 Å². The molecule has 0 saturated heterocycles. The molecule has 19 heteroatoms. The number of rotatable bonds is 3. The normalized spacial score (nSPS) is 11.7. The molecule has 1 heterocycles. The van der Waals surface area contributed by atoms with Gasteiger partial charge in [-0.25, -0.2) is 0 Å². The van der Waals surface area contributed by atoms with Gasteiger partial charge in [-0.15, -0.1) is 54.6 Å². The van der Waals surface area contributed by atoms with Crippen molar-refractivity contribution in [3.63, 3.8) is 0 Å². The fourth-order valence-corrected chi connectivity index (χ4v) is 7.94. The van der Waals surface area contributed by atoms with E-state index in [-0.39, 0.29) is 137 Å². The lowest BCUT2D eigenvalue weighted by Gasteiger charge is -2.31. The number of para-hydroxylation sites is 1. The molecular formula is C38H6B18O. The SMILES string of the molecule is [B]c1c([B])c([B])c(-c2cc(-c3c4c([B])c([B])c([B])c([B])c4c(-c4c([B])c([B])c([B])c([B])c4[B])c4c([B])c([B])c([B])c([B])c34)c3c(c2)oc2ccccc23)c([B])c1[B]. The van der Waals surface area contributed by atoms with Gasteiger partial charge < -0.3 is 4.42 Å². The highest BCUT2D eigenvalue weighted by molar-refractivity contribution is 6.74. The smallest absolute Gasteiger partial charge is 0.136 e. The summed E-state index contributed by atoms with van der Waals surface area (Å²) in [5.74, 6) is 0. The lowest BCUT2D eigenvalue weighted by Crippen LogP contribution is -2.55. The van der Waals surface area contributed by atoms with E-state index in [0.29, 0.717) is 38.6 Å². The van der Waals surface area contributed by atoms with Crippen LogP contribution in [0.15, 0.2) is 40.8 Å². The van der Waals surface area contributed by atoms with Crippen LogP contribution in [-0.4, -0.2) is 141 Å². The van der Waals surface area contributed by atoms with Crippen molar-refractivity contribution in [2.75, 3.05) is 0 Å². The van der Waals surface area contributed by atoms with E-state index < -0.39 is 0 Å². The topological polar surface area (TPSA) is 13.1 Å². The van der Waals surface area contributed by atoms with Crippen LogP contribution in [0.25, 0.3) is 76.9 Å². The van der Waals surface area contributed by atoms with Crippen molar-refractivity contribution in [2.45, 2.75) is 0 Å². The molecule has 36 radical (unpaired) electrons. The summed E-state index contributed by atoms with van der Waals surface area (Å²) in [6.45, 7) is 0. The molecule has 0 saturated carbocycles. The van der Waals surface area contributed by atoms with Gasteiger partial charge in [0.25, 0.3) is 0 Å². The van der Waals surface area contributed by atoms with Gasteiger partial charge in [-0.1, -0.05) is 61.9 Å². The summed E-state index contributed by atoms with van der Waals surface area (Å²) >= 11 is 0. The predicted molar refractivity (Wildman–Crippen MR) is 262 cm³/mol. The molecule has 0 aliphatic carbocycles. The van der Waals surface area contributed by atoms with E-state index in [1.54, 1.807) is 18.2 Å². The van der Waals surface area contributed by atoms with E-state index in [9.17, 15) is 0 Å². The highest BCUT2D eigenvalue weighted by Crippen LogP contribution is 2.45. The molecule has 0 amide bonds. The second kappa shape index (κ2) is 13.8. The molecule has 0 N–H and O–H groups in total. The Morgan fingerprint density at radius 3 is 1.07 bits per heavy atom. The van der Waals surface area contributed by atoms with Crippen molar-refractivity contribution in [1.82, 2.24) is 0 Å². The average Bonchev–Trinajstić information content (AvgIpc) is 3.58. The van der Waals surface area contributed by atoms with Gasteiger partial charge in [0.15, 0.2) is 0 Å². The maximum absolute atomic E-state index is 7.04. The number of benzene rings is 7. The Bertz CT molecular complexity index is 3030. The molecule has 0 bridgehead atoms. The largest absolute Gasteiger partial charge is 0.456 e. The number of hydrogen-bond donors (Lipinski definition) is 0. The Kier molecular flexibility index (Phi) is 9.66. The summed E-state index contributed by atoms with van der Waals surface area (Å²) < 4.78 is 6.48. The van der Waals surface area contributed by atoms with Crippen molar-refractivity contribution in [3.8, 4) is 33.4 Å². The van der Waals surface area contributed by atoms with Gasteiger partial charge >= 0.3 is 0 Å². The maximum atomic E-state index is 7.04. The van der Waals surface area contributed by atoms with Crippen LogP contribution >= 0.6 is 0 Å². The number of furan rings is 1. The van der Waals surface area contributed by atoms with Crippen LogP contribution in [0.5, 0.6) is 0 Å². The zero-order valence-electron chi connectivity index (χ0n) is 30.3. The van der Waals surface area contributed by atoms with Crippen LogP contribution in [0.2, 0.25) is 0 Å². The maximum Gasteiger partial charge on any atom is 0.136 e. The zero-order chi connectivity index (χ0) is 41.4.